The molecule has 1 N–H and O–H groups in total. The Balaban J connectivity index is 1.91. The molecular weight excluding hydrogens is 270 g/mol. The summed E-state index contributed by atoms with van der Waals surface area (Å²) in [4.78, 5) is 13.1. The maximum atomic E-state index is 11.9. The number of anilines is 1. The molecule has 0 bridgehead atoms. The quantitative estimate of drug-likeness (QED) is 0.851. The zero-order valence-corrected chi connectivity index (χ0v) is 12.4. The number of hydrogen-bond acceptors (Lipinski definition) is 3. The van der Waals surface area contributed by atoms with E-state index in [4.69, 9.17) is 4.74 Å². The molecule has 0 fully saturated rings. The van der Waals surface area contributed by atoms with Crippen LogP contribution < -0.4 is 10.1 Å². The van der Waals surface area contributed by atoms with Crippen molar-refractivity contribution in [1.29, 1.82) is 0 Å². The van der Waals surface area contributed by atoms with Crippen molar-refractivity contribution in [3.05, 3.63) is 54.1 Å². The van der Waals surface area contributed by atoms with Crippen LogP contribution in [0.5, 0.6) is 5.75 Å². The van der Waals surface area contributed by atoms with Crippen molar-refractivity contribution in [3.8, 4) is 5.75 Å². The van der Waals surface area contributed by atoms with E-state index in [1.807, 2.05) is 49.4 Å². The van der Waals surface area contributed by atoms with E-state index in [0.29, 0.717) is 5.75 Å². The van der Waals surface area contributed by atoms with Crippen molar-refractivity contribution >= 4 is 23.4 Å². The summed E-state index contributed by atoms with van der Waals surface area (Å²) in [5.74, 6) is 1.10. The molecule has 0 radical (unpaired) electrons. The molecule has 20 heavy (non-hydrogen) atoms. The molecule has 0 saturated carbocycles. The second-order valence-electron chi connectivity index (χ2n) is 4.33. The highest BCUT2D eigenvalue weighted by atomic mass is 32.2. The van der Waals surface area contributed by atoms with Gasteiger partial charge in [0.25, 0.3) is 0 Å². The van der Waals surface area contributed by atoms with Crippen molar-refractivity contribution in [2.24, 2.45) is 0 Å². The molecule has 0 aliphatic heterocycles. The van der Waals surface area contributed by atoms with Crippen molar-refractivity contribution in [2.45, 2.75) is 11.8 Å². The minimum absolute atomic E-state index is 0.0218. The van der Waals surface area contributed by atoms with E-state index in [1.165, 1.54) is 5.56 Å². The van der Waals surface area contributed by atoms with E-state index in [9.17, 15) is 4.79 Å². The van der Waals surface area contributed by atoms with Gasteiger partial charge in [-0.1, -0.05) is 24.3 Å². The maximum absolute atomic E-state index is 11.9. The maximum Gasteiger partial charge on any atom is 0.234 e. The van der Waals surface area contributed by atoms with Crippen LogP contribution in [0.25, 0.3) is 0 Å². The smallest absolute Gasteiger partial charge is 0.234 e. The third-order valence-electron chi connectivity index (χ3n) is 2.81. The molecule has 0 aromatic heterocycles. The van der Waals surface area contributed by atoms with Gasteiger partial charge in [0.2, 0.25) is 5.91 Å². The Bertz CT molecular complexity index is 599. The van der Waals surface area contributed by atoms with Crippen LogP contribution in [0.4, 0.5) is 5.69 Å². The first-order valence-electron chi connectivity index (χ1n) is 6.31. The van der Waals surface area contributed by atoms with Crippen molar-refractivity contribution in [2.75, 3.05) is 18.2 Å². The fourth-order valence-electron chi connectivity index (χ4n) is 1.76. The van der Waals surface area contributed by atoms with Crippen LogP contribution in [0.3, 0.4) is 0 Å². The Hall–Kier alpha value is -1.94. The molecule has 0 aliphatic carbocycles. The highest BCUT2D eigenvalue weighted by Crippen LogP contribution is 2.22. The zero-order valence-electron chi connectivity index (χ0n) is 11.6. The van der Waals surface area contributed by atoms with Gasteiger partial charge in [0.15, 0.2) is 0 Å². The summed E-state index contributed by atoms with van der Waals surface area (Å²) in [6, 6.07) is 15.4. The summed E-state index contributed by atoms with van der Waals surface area (Å²) >= 11 is 1.54. The fraction of sp³-hybridized carbons (Fsp3) is 0.188. The van der Waals surface area contributed by atoms with Crippen LogP contribution in [0, 0.1) is 6.92 Å². The molecule has 2 aromatic carbocycles. The number of amides is 1. The Morgan fingerprint density at radius 1 is 1.20 bits per heavy atom. The van der Waals surface area contributed by atoms with Gasteiger partial charge in [-0.25, -0.2) is 0 Å². The topological polar surface area (TPSA) is 38.3 Å². The van der Waals surface area contributed by atoms with E-state index < -0.39 is 0 Å². The molecule has 0 atom stereocenters. The number of carbonyl (C=O) groups excluding carboxylic acids is 1. The van der Waals surface area contributed by atoms with Gasteiger partial charge in [-0.2, -0.15) is 0 Å². The summed E-state index contributed by atoms with van der Waals surface area (Å²) < 4.78 is 5.12. The van der Waals surface area contributed by atoms with Crippen LogP contribution in [-0.4, -0.2) is 18.8 Å². The molecule has 1 amide bonds. The molecule has 0 unspecified atom stereocenters. The first-order valence-corrected chi connectivity index (χ1v) is 7.30. The normalized spacial score (nSPS) is 10.1. The summed E-state index contributed by atoms with van der Waals surface area (Å²) in [7, 11) is 1.61. The summed E-state index contributed by atoms with van der Waals surface area (Å²) in [5, 5.41) is 2.87. The van der Waals surface area contributed by atoms with Gasteiger partial charge >= 0.3 is 0 Å². The summed E-state index contributed by atoms with van der Waals surface area (Å²) in [6.07, 6.45) is 0. The highest BCUT2D eigenvalue weighted by molar-refractivity contribution is 8.00. The van der Waals surface area contributed by atoms with Crippen LogP contribution in [0.1, 0.15) is 5.56 Å². The molecule has 0 spiro atoms. The third kappa shape index (κ3) is 4.03. The van der Waals surface area contributed by atoms with Crippen molar-refractivity contribution in [1.82, 2.24) is 0 Å². The van der Waals surface area contributed by atoms with Gasteiger partial charge < -0.3 is 10.1 Å². The molecule has 0 heterocycles. The number of nitrogens with one attached hydrogen (secondary N) is 1. The lowest BCUT2D eigenvalue weighted by molar-refractivity contribution is -0.113. The summed E-state index contributed by atoms with van der Waals surface area (Å²) in [5.41, 5.74) is 1.94. The van der Waals surface area contributed by atoms with Gasteiger partial charge in [0.05, 0.1) is 12.9 Å². The van der Waals surface area contributed by atoms with E-state index in [1.54, 1.807) is 24.9 Å². The highest BCUT2D eigenvalue weighted by Gasteiger charge is 2.05. The lowest BCUT2D eigenvalue weighted by Gasteiger charge is -2.08. The number of benzene rings is 2. The van der Waals surface area contributed by atoms with Crippen molar-refractivity contribution < 1.29 is 9.53 Å². The second kappa shape index (κ2) is 7.01. The standard InChI is InChI=1S/C16H17NO2S/c1-12-6-3-4-9-15(12)20-11-16(18)17-13-7-5-8-14(10-13)19-2/h3-10H,11H2,1-2H3,(H,17,18). The first-order chi connectivity index (χ1) is 9.69. The molecule has 2 aromatic rings. The van der Waals surface area contributed by atoms with Gasteiger partial charge in [-0.05, 0) is 30.7 Å². The van der Waals surface area contributed by atoms with E-state index in [0.717, 1.165) is 16.3 Å². The zero-order chi connectivity index (χ0) is 14.4. The Morgan fingerprint density at radius 3 is 2.75 bits per heavy atom. The number of methoxy groups -OCH3 is 1. The lowest BCUT2D eigenvalue weighted by Crippen LogP contribution is -2.14. The first kappa shape index (κ1) is 14.5. The Kier molecular flexibility index (Phi) is 5.07. The van der Waals surface area contributed by atoms with Gasteiger partial charge in [0, 0.05) is 16.6 Å². The molecule has 2 rings (SSSR count). The second-order valence-corrected chi connectivity index (χ2v) is 5.35. The van der Waals surface area contributed by atoms with E-state index in [-0.39, 0.29) is 5.91 Å². The molecular formula is C16H17NO2S. The van der Waals surface area contributed by atoms with E-state index >= 15 is 0 Å². The minimum atomic E-state index is -0.0218. The van der Waals surface area contributed by atoms with E-state index in [2.05, 4.69) is 5.32 Å². The number of ether oxygens (including phenoxy) is 1. The molecule has 3 nitrogen and oxygen atoms in total. The average Bonchev–Trinajstić information content (AvgIpc) is 2.46. The Labute approximate surface area is 123 Å². The van der Waals surface area contributed by atoms with Crippen LogP contribution in [-0.2, 0) is 4.79 Å². The van der Waals surface area contributed by atoms with Gasteiger partial charge in [-0.3, -0.25) is 4.79 Å². The molecule has 104 valence electrons. The number of rotatable bonds is 5. The molecule has 4 heteroatoms. The lowest BCUT2D eigenvalue weighted by atomic mass is 10.2. The van der Waals surface area contributed by atoms with Crippen molar-refractivity contribution in [3.63, 3.8) is 0 Å². The number of hydrogen-bond donors (Lipinski definition) is 1. The average molecular weight is 287 g/mol. The number of aryl methyl sites for hydroxylation is 1. The SMILES string of the molecule is COc1cccc(NC(=O)CSc2ccccc2C)c1. The predicted molar refractivity (Wildman–Crippen MR) is 83.5 cm³/mol. The van der Waals surface area contributed by atoms with Crippen LogP contribution >= 0.6 is 11.8 Å². The monoisotopic (exact) mass is 287 g/mol. The van der Waals surface area contributed by atoms with Gasteiger partial charge in [0.1, 0.15) is 5.75 Å². The minimum Gasteiger partial charge on any atom is -0.497 e. The van der Waals surface area contributed by atoms with Crippen LogP contribution in [0.15, 0.2) is 53.4 Å². The Morgan fingerprint density at radius 2 is 2.00 bits per heavy atom. The van der Waals surface area contributed by atoms with Crippen LogP contribution in [0.2, 0.25) is 0 Å². The molecule has 0 aliphatic rings. The molecule has 0 saturated heterocycles. The largest absolute Gasteiger partial charge is 0.497 e. The number of thioether (sulfide) groups is 1. The number of carbonyl (C=O) groups is 1. The van der Waals surface area contributed by atoms with Gasteiger partial charge in [-0.15, -0.1) is 11.8 Å². The summed E-state index contributed by atoms with van der Waals surface area (Å²) in [6.45, 7) is 2.04. The third-order valence-corrected chi connectivity index (χ3v) is 3.98. The predicted octanol–water partition coefficient (Wildman–Crippen LogP) is 3.73. The fourth-order valence-corrected chi connectivity index (χ4v) is 2.59.